The van der Waals surface area contributed by atoms with Crippen LogP contribution in [-0.2, 0) is 4.79 Å². The minimum Gasteiger partial charge on any atom is -0.322 e. The van der Waals surface area contributed by atoms with Crippen LogP contribution < -0.4 is 5.32 Å². The molecule has 92 valence electrons. The second-order valence-electron chi connectivity index (χ2n) is 3.78. The number of H-pyrrole nitrogens is 1. The molecule has 5 heteroatoms. The molecule has 5 nitrogen and oxygen atoms in total. The summed E-state index contributed by atoms with van der Waals surface area (Å²) in [6, 6.07) is 7.43. The van der Waals surface area contributed by atoms with E-state index in [1.165, 1.54) is 6.08 Å². The van der Waals surface area contributed by atoms with E-state index in [0.29, 0.717) is 11.5 Å². The topological polar surface area (TPSA) is 70.7 Å². The third kappa shape index (κ3) is 2.63. The maximum absolute atomic E-state index is 11.6. The van der Waals surface area contributed by atoms with E-state index in [0.717, 1.165) is 11.4 Å². The fourth-order valence-corrected chi connectivity index (χ4v) is 1.58. The summed E-state index contributed by atoms with van der Waals surface area (Å²) in [6.07, 6.45) is 3.16. The van der Waals surface area contributed by atoms with E-state index in [-0.39, 0.29) is 5.91 Å². The van der Waals surface area contributed by atoms with Crippen molar-refractivity contribution >= 4 is 11.6 Å². The van der Waals surface area contributed by atoms with Crippen LogP contribution in [0.4, 0.5) is 5.69 Å². The number of anilines is 1. The zero-order chi connectivity index (χ0) is 13.0. The van der Waals surface area contributed by atoms with Crippen molar-refractivity contribution in [1.82, 2.24) is 15.2 Å². The van der Waals surface area contributed by atoms with E-state index < -0.39 is 0 Å². The molecule has 1 amide bonds. The summed E-state index contributed by atoms with van der Waals surface area (Å²) in [5.41, 5.74) is 1.49. The van der Waals surface area contributed by atoms with E-state index in [9.17, 15) is 4.79 Å². The smallest absolute Gasteiger partial charge is 0.248 e. The summed E-state index contributed by atoms with van der Waals surface area (Å²) < 4.78 is 0. The Morgan fingerprint density at radius 1 is 1.39 bits per heavy atom. The Morgan fingerprint density at radius 2 is 2.17 bits per heavy atom. The average Bonchev–Trinajstić information content (AvgIpc) is 2.77. The number of para-hydroxylation sites is 1. The fraction of sp³-hybridized carbons (Fsp3) is 0.154. The first-order valence-electron chi connectivity index (χ1n) is 5.63. The number of hydrogen-bond donors (Lipinski definition) is 2. The molecule has 1 aromatic carbocycles. The van der Waals surface area contributed by atoms with Gasteiger partial charge in [0.1, 0.15) is 5.82 Å². The summed E-state index contributed by atoms with van der Waals surface area (Å²) in [7, 11) is 0. The normalized spacial score (nSPS) is 10.8. The van der Waals surface area contributed by atoms with Crippen LogP contribution in [0.1, 0.15) is 12.7 Å². The molecule has 0 saturated heterocycles. The predicted molar refractivity (Wildman–Crippen MR) is 70.0 cm³/mol. The Morgan fingerprint density at radius 3 is 2.83 bits per heavy atom. The number of aromatic nitrogens is 3. The Balaban J connectivity index is 2.34. The number of nitrogens with one attached hydrogen (secondary N) is 2. The van der Waals surface area contributed by atoms with Gasteiger partial charge in [-0.3, -0.25) is 9.89 Å². The molecule has 0 radical (unpaired) electrons. The second kappa shape index (κ2) is 5.27. The molecule has 0 aliphatic heterocycles. The lowest BCUT2D eigenvalue weighted by Gasteiger charge is -2.06. The first-order valence-corrected chi connectivity index (χ1v) is 5.63. The molecule has 0 aliphatic carbocycles. The van der Waals surface area contributed by atoms with Gasteiger partial charge >= 0.3 is 0 Å². The first-order chi connectivity index (χ1) is 8.70. The molecule has 2 aromatic rings. The molecular weight excluding hydrogens is 228 g/mol. The lowest BCUT2D eigenvalue weighted by Crippen LogP contribution is -2.08. The second-order valence-corrected chi connectivity index (χ2v) is 3.78. The van der Waals surface area contributed by atoms with Crippen molar-refractivity contribution < 1.29 is 4.79 Å². The van der Waals surface area contributed by atoms with E-state index in [1.54, 1.807) is 13.0 Å². The molecule has 0 atom stereocenters. The van der Waals surface area contributed by atoms with E-state index in [4.69, 9.17) is 0 Å². The van der Waals surface area contributed by atoms with Crippen LogP contribution in [0.2, 0.25) is 0 Å². The van der Waals surface area contributed by atoms with Crippen LogP contribution in [0, 0.1) is 6.92 Å². The lowest BCUT2D eigenvalue weighted by molar-refractivity contribution is -0.111. The number of hydrogen-bond acceptors (Lipinski definition) is 3. The summed E-state index contributed by atoms with van der Waals surface area (Å²) in [5, 5.41) is 9.68. The van der Waals surface area contributed by atoms with Gasteiger partial charge in [-0.05, 0) is 32.1 Å². The summed E-state index contributed by atoms with van der Waals surface area (Å²) in [5.74, 6) is 1.14. The van der Waals surface area contributed by atoms with Gasteiger partial charge in [0.2, 0.25) is 5.91 Å². The average molecular weight is 242 g/mol. The Kier molecular flexibility index (Phi) is 3.52. The largest absolute Gasteiger partial charge is 0.322 e. The third-order valence-electron chi connectivity index (χ3n) is 2.34. The molecule has 2 rings (SSSR count). The van der Waals surface area contributed by atoms with E-state index >= 15 is 0 Å². The van der Waals surface area contributed by atoms with Crippen LogP contribution in [-0.4, -0.2) is 21.1 Å². The molecule has 0 bridgehead atoms. The molecule has 0 saturated carbocycles. The van der Waals surface area contributed by atoms with Gasteiger partial charge in [0.15, 0.2) is 5.82 Å². The number of carbonyl (C=O) groups excluding carboxylic acids is 1. The Bertz CT molecular complexity index is 586. The zero-order valence-electron chi connectivity index (χ0n) is 10.3. The number of rotatable bonds is 3. The molecule has 0 spiro atoms. The zero-order valence-corrected chi connectivity index (χ0v) is 10.3. The highest BCUT2D eigenvalue weighted by atomic mass is 16.1. The first kappa shape index (κ1) is 12.0. The number of aryl methyl sites for hydroxylation is 1. The molecule has 0 unspecified atom stereocenters. The maximum Gasteiger partial charge on any atom is 0.248 e. The number of carbonyl (C=O) groups is 1. The number of benzene rings is 1. The number of allylic oxidation sites excluding steroid dienone is 1. The Labute approximate surface area is 105 Å². The molecule has 1 heterocycles. The molecule has 2 N–H and O–H groups in total. The van der Waals surface area contributed by atoms with E-state index in [1.807, 2.05) is 31.2 Å². The van der Waals surface area contributed by atoms with Crippen molar-refractivity contribution in [2.75, 3.05) is 5.32 Å². The van der Waals surface area contributed by atoms with Gasteiger partial charge in [-0.1, -0.05) is 18.2 Å². The fourth-order valence-electron chi connectivity index (χ4n) is 1.58. The van der Waals surface area contributed by atoms with Crippen molar-refractivity contribution in [3.05, 3.63) is 42.2 Å². The number of amides is 1. The lowest BCUT2D eigenvalue weighted by atomic mass is 10.1. The van der Waals surface area contributed by atoms with Crippen LogP contribution in [0.15, 0.2) is 36.4 Å². The van der Waals surface area contributed by atoms with Gasteiger partial charge in [0, 0.05) is 5.56 Å². The van der Waals surface area contributed by atoms with Crippen LogP contribution >= 0.6 is 0 Å². The van der Waals surface area contributed by atoms with Crippen LogP contribution in [0.5, 0.6) is 0 Å². The SMILES string of the molecule is CC=CC(=O)Nc1ccccc1-c1n[nH]c(C)n1. The molecule has 0 fully saturated rings. The standard InChI is InChI=1S/C13H14N4O/c1-3-6-12(18)15-11-8-5-4-7-10(11)13-14-9(2)16-17-13/h3-8H,1-2H3,(H,15,18)(H,14,16,17). The predicted octanol–water partition coefficient (Wildman–Crippen LogP) is 2.29. The number of aromatic amines is 1. The van der Waals surface area contributed by atoms with Crippen molar-refractivity contribution in [3.63, 3.8) is 0 Å². The highest BCUT2D eigenvalue weighted by Gasteiger charge is 2.10. The highest BCUT2D eigenvalue weighted by molar-refractivity contribution is 6.01. The van der Waals surface area contributed by atoms with Crippen LogP contribution in [0.3, 0.4) is 0 Å². The van der Waals surface area contributed by atoms with Gasteiger partial charge in [-0.15, -0.1) is 0 Å². The molecular formula is C13H14N4O. The van der Waals surface area contributed by atoms with Crippen molar-refractivity contribution in [1.29, 1.82) is 0 Å². The summed E-state index contributed by atoms with van der Waals surface area (Å²) in [6.45, 7) is 3.63. The third-order valence-corrected chi connectivity index (χ3v) is 2.34. The molecule has 0 aliphatic rings. The van der Waals surface area contributed by atoms with E-state index in [2.05, 4.69) is 20.5 Å². The van der Waals surface area contributed by atoms with Crippen molar-refractivity contribution in [3.8, 4) is 11.4 Å². The van der Waals surface area contributed by atoms with Crippen molar-refractivity contribution in [2.45, 2.75) is 13.8 Å². The van der Waals surface area contributed by atoms with Gasteiger partial charge in [0.05, 0.1) is 5.69 Å². The Hall–Kier alpha value is -2.43. The molecule has 18 heavy (non-hydrogen) atoms. The molecule has 1 aromatic heterocycles. The van der Waals surface area contributed by atoms with Gasteiger partial charge in [0.25, 0.3) is 0 Å². The monoisotopic (exact) mass is 242 g/mol. The van der Waals surface area contributed by atoms with Gasteiger partial charge < -0.3 is 5.32 Å². The minimum absolute atomic E-state index is 0.169. The maximum atomic E-state index is 11.6. The summed E-state index contributed by atoms with van der Waals surface area (Å²) in [4.78, 5) is 15.8. The minimum atomic E-state index is -0.169. The highest BCUT2D eigenvalue weighted by Crippen LogP contribution is 2.24. The van der Waals surface area contributed by atoms with Gasteiger partial charge in [-0.25, -0.2) is 4.98 Å². The summed E-state index contributed by atoms with van der Waals surface area (Å²) >= 11 is 0. The van der Waals surface area contributed by atoms with Crippen molar-refractivity contribution in [2.24, 2.45) is 0 Å². The number of nitrogens with zero attached hydrogens (tertiary/aromatic N) is 2. The van der Waals surface area contributed by atoms with Crippen LogP contribution in [0.25, 0.3) is 11.4 Å². The van der Waals surface area contributed by atoms with Gasteiger partial charge in [-0.2, -0.15) is 5.10 Å². The quantitative estimate of drug-likeness (QED) is 0.811.